The first kappa shape index (κ1) is 13.8. The van der Waals surface area contributed by atoms with E-state index >= 15 is 0 Å². The van der Waals surface area contributed by atoms with Gasteiger partial charge in [-0.3, -0.25) is 0 Å². The van der Waals surface area contributed by atoms with Gasteiger partial charge in [-0.25, -0.2) is 4.98 Å². The van der Waals surface area contributed by atoms with Gasteiger partial charge in [-0.2, -0.15) is 0 Å². The summed E-state index contributed by atoms with van der Waals surface area (Å²) < 4.78 is 0. The van der Waals surface area contributed by atoms with Crippen molar-refractivity contribution < 1.29 is 0 Å². The second-order valence-corrected chi connectivity index (χ2v) is 7.00. The maximum atomic E-state index is 4.30. The predicted molar refractivity (Wildman–Crippen MR) is 85.2 cm³/mol. The van der Waals surface area contributed by atoms with E-state index in [-0.39, 0.29) is 0 Å². The molecule has 3 rings (SSSR count). The van der Waals surface area contributed by atoms with Crippen molar-refractivity contribution in [2.24, 2.45) is 0 Å². The molecule has 2 aromatic rings. The first-order valence-corrected chi connectivity index (χ1v) is 8.30. The maximum absolute atomic E-state index is 4.30. The van der Waals surface area contributed by atoms with Crippen LogP contribution in [0.5, 0.6) is 0 Å². The van der Waals surface area contributed by atoms with E-state index in [1.54, 1.807) is 22.5 Å². The molecule has 1 aliphatic rings. The third kappa shape index (κ3) is 3.10. The number of nitrogens with one attached hydrogen (secondary N) is 1. The minimum atomic E-state index is 0.393. The van der Waals surface area contributed by atoms with Crippen molar-refractivity contribution in [1.82, 2.24) is 10.3 Å². The fourth-order valence-corrected chi connectivity index (χ4v) is 3.63. The summed E-state index contributed by atoms with van der Waals surface area (Å²) in [6.45, 7) is 5.21. The van der Waals surface area contributed by atoms with Crippen LogP contribution in [0, 0.1) is 6.92 Å². The molecule has 1 aromatic heterocycles. The van der Waals surface area contributed by atoms with Gasteiger partial charge in [-0.05, 0) is 56.2 Å². The largest absolute Gasteiger partial charge is 0.305 e. The molecular weight excluding hydrogens is 264 g/mol. The van der Waals surface area contributed by atoms with E-state index in [0.717, 1.165) is 11.6 Å². The molecule has 2 nitrogen and oxygen atoms in total. The van der Waals surface area contributed by atoms with Crippen molar-refractivity contribution in [2.45, 2.75) is 52.1 Å². The van der Waals surface area contributed by atoms with Crippen LogP contribution in [-0.4, -0.2) is 4.98 Å². The van der Waals surface area contributed by atoms with Gasteiger partial charge < -0.3 is 5.32 Å². The van der Waals surface area contributed by atoms with Gasteiger partial charge in [-0.15, -0.1) is 11.3 Å². The number of hydrogen-bond acceptors (Lipinski definition) is 3. The van der Waals surface area contributed by atoms with Crippen LogP contribution in [0.25, 0.3) is 0 Å². The highest BCUT2D eigenvalue weighted by Crippen LogP contribution is 2.25. The Balaban J connectivity index is 1.66. The van der Waals surface area contributed by atoms with Crippen LogP contribution in [-0.2, 0) is 19.4 Å². The highest BCUT2D eigenvalue weighted by molar-refractivity contribution is 7.11. The Morgan fingerprint density at radius 2 is 2.05 bits per heavy atom. The maximum Gasteiger partial charge on any atom is 0.0897 e. The topological polar surface area (TPSA) is 24.9 Å². The van der Waals surface area contributed by atoms with Crippen molar-refractivity contribution in [3.8, 4) is 0 Å². The Hall–Kier alpha value is -1.19. The quantitative estimate of drug-likeness (QED) is 0.912. The van der Waals surface area contributed by atoms with Crippen LogP contribution in [0.2, 0.25) is 0 Å². The predicted octanol–water partition coefficient (Wildman–Crippen LogP) is 4.18. The molecule has 0 saturated heterocycles. The lowest BCUT2D eigenvalue weighted by Crippen LogP contribution is -2.18. The monoisotopic (exact) mass is 286 g/mol. The smallest absolute Gasteiger partial charge is 0.0897 e. The van der Waals surface area contributed by atoms with Crippen LogP contribution >= 0.6 is 11.3 Å². The Morgan fingerprint density at radius 1 is 1.25 bits per heavy atom. The number of fused-ring (bicyclic) bond motifs is 1. The average molecular weight is 286 g/mol. The Labute approximate surface area is 125 Å². The van der Waals surface area contributed by atoms with Crippen molar-refractivity contribution in [2.75, 3.05) is 0 Å². The standard InChI is InChI=1S/C17H22N2S/c1-12(18-10-17-11-19-13(2)20-17)15-8-7-14-5-3-4-6-16(14)9-15/h7-9,11-12,18H,3-6,10H2,1-2H3. The molecule has 0 amide bonds. The van der Waals surface area contributed by atoms with Crippen LogP contribution in [0.4, 0.5) is 0 Å². The van der Waals surface area contributed by atoms with E-state index < -0.39 is 0 Å². The van der Waals surface area contributed by atoms with Crippen molar-refractivity contribution in [3.63, 3.8) is 0 Å². The lowest BCUT2D eigenvalue weighted by Gasteiger charge is -2.19. The minimum Gasteiger partial charge on any atom is -0.305 e. The van der Waals surface area contributed by atoms with Crippen LogP contribution in [0.3, 0.4) is 0 Å². The Bertz CT molecular complexity index is 588. The number of thiazole rings is 1. The number of hydrogen-bond donors (Lipinski definition) is 1. The minimum absolute atomic E-state index is 0.393. The van der Waals surface area contributed by atoms with Gasteiger partial charge in [0.05, 0.1) is 5.01 Å². The molecule has 1 unspecified atom stereocenters. The molecule has 3 heteroatoms. The second-order valence-electron chi connectivity index (χ2n) is 5.68. The van der Waals surface area contributed by atoms with Gasteiger partial charge in [0.1, 0.15) is 0 Å². The fraction of sp³-hybridized carbons (Fsp3) is 0.471. The summed E-state index contributed by atoms with van der Waals surface area (Å²) >= 11 is 1.77. The van der Waals surface area contributed by atoms with Crippen LogP contribution in [0.15, 0.2) is 24.4 Å². The molecule has 0 radical (unpaired) electrons. The summed E-state index contributed by atoms with van der Waals surface area (Å²) in [5.41, 5.74) is 4.54. The zero-order chi connectivity index (χ0) is 13.9. The molecular formula is C17H22N2S. The van der Waals surface area contributed by atoms with E-state index in [1.807, 2.05) is 6.20 Å². The molecule has 0 saturated carbocycles. The number of aromatic nitrogens is 1. The molecule has 20 heavy (non-hydrogen) atoms. The fourth-order valence-electron chi connectivity index (χ4n) is 2.88. The summed E-state index contributed by atoms with van der Waals surface area (Å²) in [6, 6.07) is 7.42. The second kappa shape index (κ2) is 6.06. The summed E-state index contributed by atoms with van der Waals surface area (Å²) in [5.74, 6) is 0. The summed E-state index contributed by atoms with van der Waals surface area (Å²) in [7, 11) is 0. The zero-order valence-electron chi connectivity index (χ0n) is 12.3. The van der Waals surface area contributed by atoms with Crippen molar-refractivity contribution >= 4 is 11.3 Å². The Kier molecular flexibility index (Phi) is 4.18. The lowest BCUT2D eigenvalue weighted by molar-refractivity contribution is 0.576. The molecule has 0 fully saturated rings. The van der Waals surface area contributed by atoms with E-state index in [2.05, 4.69) is 42.3 Å². The van der Waals surface area contributed by atoms with Gasteiger partial charge in [0.2, 0.25) is 0 Å². The van der Waals surface area contributed by atoms with Gasteiger partial charge in [0.15, 0.2) is 0 Å². The third-order valence-electron chi connectivity index (χ3n) is 4.12. The number of aryl methyl sites for hydroxylation is 3. The molecule has 0 bridgehead atoms. The molecule has 106 valence electrons. The SMILES string of the molecule is Cc1ncc(CNC(C)c2ccc3c(c2)CCCC3)s1. The third-order valence-corrected chi connectivity index (χ3v) is 5.04. The summed E-state index contributed by atoms with van der Waals surface area (Å²) in [4.78, 5) is 5.62. The highest BCUT2D eigenvalue weighted by atomic mass is 32.1. The zero-order valence-corrected chi connectivity index (χ0v) is 13.1. The Morgan fingerprint density at radius 3 is 2.80 bits per heavy atom. The number of rotatable bonds is 4. The summed E-state index contributed by atoms with van der Waals surface area (Å²) in [5, 5.41) is 4.75. The van der Waals surface area contributed by atoms with E-state index in [0.29, 0.717) is 6.04 Å². The van der Waals surface area contributed by atoms with E-state index in [4.69, 9.17) is 0 Å². The van der Waals surface area contributed by atoms with E-state index in [1.165, 1.54) is 36.1 Å². The molecule has 1 N–H and O–H groups in total. The molecule has 0 aliphatic heterocycles. The van der Waals surface area contributed by atoms with E-state index in [9.17, 15) is 0 Å². The summed E-state index contributed by atoms with van der Waals surface area (Å²) in [6.07, 6.45) is 7.19. The lowest BCUT2D eigenvalue weighted by atomic mass is 9.89. The number of nitrogens with zero attached hydrogens (tertiary/aromatic N) is 1. The van der Waals surface area contributed by atoms with Gasteiger partial charge in [0.25, 0.3) is 0 Å². The van der Waals surface area contributed by atoms with Gasteiger partial charge in [-0.1, -0.05) is 18.2 Å². The molecule has 1 atom stereocenters. The molecule has 1 aliphatic carbocycles. The van der Waals surface area contributed by atoms with Gasteiger partial charge >= 0.3 is 0 Å². The first-order chi connectivity index (χ1) is 9.72. The van der Waals surface area contributed by atoms with Crippen molar-refractivity contribution in [1.29, 1.82) is 0 Å². The average Bonchev–Trinajstić information content (AvgIpc) is 2.90. The van der Waals surface area contributed by atoms with Crippen LogP contribution < -0.4 is 5.32 Å². The first-order valence-electron chi connectivity index (χ1n) is 7.49. The molecule has 1 heterocycles. The van der Waals surface area contributed by atoms with Gasteiger partial charge in [0, 0.05) is 23.7 Å². The normalized spacial score (nSPS) is 15.9. The highest BCUT2D eigenvalue weighted by Gasteiger charge is 2.12. The molecule has 0 spiro atoms. The van der Waals surface area contributed by atoms with Crippen molar-refractivity contribution in [3.05, 3.63) is 51.0 Å². The molecule has 1 aromatic carbocycles. The van der Waals surface area contributed by atoms with Crippen LogP contribution in [0.1, 0.15) is 52.4 Å². The number of benzene rings is 1.